The zero-order valence-corrected chi connectivity index (χ0v) is 14.7. The van der Waals surface area contributed by atoms with E-state index in [1.54, 1.807) is 20.8 Å². The molecule has 1 rings (SSSR count). The van der Waals surface area contributed by atoms with Gasteiger partial charge in [0, 0.05) is 5.69 Å². The topological polar surface area (TPSA) is 67.4 Å². The van der Waals surface area contributed by atoms with Crippen molar-refractivity contribution in [2.24, 2.45) is 0 Å². The van der Waals surface area contributed by atoms with Crippen molar-refractivity contribution in [3.63, 3.8) is 0 Å². The zero-order chi connectivity index (χ0) is 17.1. The Morgan fingerprint density at radius 1 is 1.23 bits per heavy atom. The number of benzene rings is 1. The van der Waals surface area contributed by atoms with Crippen molar-refractivity contribution in [1.29, 1.82) is 0 Å². The summed E-state index contributed by atoms with van der Waals surface area (Å²) in [7, 11) is 0. The summed E-state index contributed by atoms with van der Waals surface area (Å²) in [5, 5.41) is 4.66. The van der Waals surface area contributed by atoms with Crippen molar-refractivity contribution in [3.8, 4) is 0 Å². The van der Waals surface area contributed by atoms with E-state index in [0.717, 1.165) is 12.1 Å². The van der Waals surface area contributed by atoms with Crippen molar-refractivity contribution >= 4 is 40.3 Å². The molecule has 2 amide bonds. The first-order valence-electron chi connectivity index (χ1n) is 6.44. The first-order valence-corrected chi connectivity index (χ1v) is 7.52. The molecule has 2 N–H and O–H groups in total. The molecule has 0 aliphatic rings. The van der Waals surface area contributed by atoms with Gasteiger partial charge in [-0.3, -0.25) is 4.79 Å². The summed E-state index contributed by atoms with van der Waals surface area (Å²) in [6.45, 7) is 6.50. The number of nitrogens with one attached hydrogen (secondary N) is 2. The van der Waals surface area contributed by atoms with Crippen LogP contribution in [0.25, 0.3) is 0 Å². The molecule has 0 saturated heterocycles. The maximum atomic E-state index is 13.4. The van der Waals surface area contributed by atoms with Crippen molar-refractivity contribution in [3.05, 3.63) is 27.3 Å². The van der Waals surface area contributed by atoms with Crippen LogP contribution in [0.4, 0.5) is 19.3 Å². The van der Waals surface area contributed by atoms with Gasteiger partial charge >= 0.3 is 6.09 Å². The molecule has 1 atom stereocenters. The maximum Gasteiger partial charge on any atom is 0.408 e. The van der Waals surface area contributed by atoms with E-state index in [4.69, 9.17) is 4.74 Å². The monoisotopic (exact) mass is 426 g/mol. The van der Waals surface area contributed by atoms with Gasteiger partial charge in [-0.2, -0.15) is 0 Å². The number of halogens is 3. The van der Waals surface area contributed by atoms with Crippen molar-refractivity contribution < 1.29 is 23.1 Å². The van der Waals surface area contributed by atoms with Crippen LogP contribution in [0.15, 0.2) is 12.1 Å². The largest absolute Gasteiger partial charge is 0.444 e. The second-order valence-corrected chi connectivity index (χ2v) is 6.69. The van der Waals surface area contributed by atoms with Crippen LogP contribution in [-0.4, -0.2) is 23.6 Å². The normalized spacial score (nSPS) is 12.5. The highest BCUT2D eigenvalue weighted by molar-refractivity contribution is 14.1. The van der Waals surface area contributed by atoms with Crippen molar-refractivity contribution in [1.82, 2.24) is 5.32 Å². The van der Waals surface area contributed by atoms with Crippen LogP contribution in [0.1, 0.15) is 27.7 Å². The van der Waals surface area contributed by atoms with Crippen LogP contribution in [-0.2, 0) is 9.53 Å². The molecule has 22 heavy (non-hydrogen) atoms. The second-order valence-electron chi connectivity index (χ2n) is 5.61. The molecule has 0 aliphatic carbocycles. The lowest BCUT2D eigenvalue weighted by molar-refractivity contribution is -0.117. The average molecular weight is 426 g/mol. The standard InChI is InChI=1S/C14H17F2IN2O3/c1-7(18-13(21)22-14(2,3)4)12(20)19-8-5-9(15)11(17)10(16)6-8/h5-7H,1-4H3,(H,18,21)(H,19,20). The molecular weight excluding hydrogens is 409 g/mol. The van der Waals surface area contributed by atoms with E-state index >= 15 is 0 Å². The van der Waals surface area contributed by atoms with Crippen LogP contribution in [0.5, 0.6) is 0 Å². The Kier molecular flexibility index (Phi) is 6.09. The summed E-state index contributed by atoms with van der Waals surface area (Å²) < 4.78 is 31.7. The van der Waals surface area contributed by atoms with Crippen LogP contribution in [0.3, 0.4) is 0 Å². The van der Waals surface area contributed by atoms with E-state index in [-0.39, 0.29) is 9.26 Å². The Morgan fingerprint density at radius 2 is 1.73 bits per heavy atom. The average Bonchev–Trinajstić information content (AvgIpc) is 2.33. The fourth-order valence-electron chi connectivity index (χ4n) is 1.43. The van der Waals surface area contributed by atoms with Crippen LogP contribution in [0.2, 0.25) is 0 Å². The number of carbonyl (C=O) groups is 2. The van der Waals surface area contributed by atoms with Gasteiger partial charge < -0.3 is 15.4 Å². The maximum absolute atomic E-state index is 13.4. The Labute approximate surface area is 140 Å². The predicted molar refractivity (Wildman–Crippen MR) is 86.5 cm³/mol. The van der Waals surface area contributed by atoms with Crippen LogP contribution < -0.4 is 10.6 Å². The number of anilines is 1. The zero-order valence-electron chi connectivity index (χ0n) is 12.6. The predicted octanol–water partition coefficient (Wildman–Crippen LogP) is 3.42. The highest BCUT2D eigenvalue weighted by atomic mass is 127. The van der Waals surface area contributed by atoms with E-state index in [2.05, 4.69) is 10.6 Å². The summed E-state index contributed by atoms with van der Waals surface area (Å²) in [4.78, 5) is 23.4. The highest BCUT2D eigenvalue weighted by Gasteiger charge is 2.21. The molecular formula is C14H17F2IN2O3. The number of hydrogen-bond acceptors (Lipinski definition) is 3. The quantitative estimate of drug-likeness (QED) is 0.575. The summed E-state index contributed by atoms with van der Waals surface area (Å²) in [6.07, 6.45) is -0.755. The molecule has 0 aromatic heterocycles. The molecule has 0 saturated carbocycles. The van der Waals surface area contributed by atoms with Crippen LogP contribution in [0, 0.1) is 15.2 Å². The lowest BCUT2D eigenvalue weighted by Gasteiger charge is -2.21. The summed E-state index contributed by atoms with van der Waals surface area (Å²) >= 11 is 1.52. The number of hydrogen-bond donors (Lipinski definition) is 2. The minimum atomic E-state index is -0.930. The molecule has 8 heteroatoms. The van der Waals surface area contributed by atoms with Crippen molar-refractivity contribution in [2.75, 3.05) is 5.32 Å². The third kappa shape index (κ3) is 5.74. The van der Waals surface area contributed by atoms with Gasteiger partial charge in [0.15, 0.2) is 0 Å². The van der Waals surface area contributed by atoms with Gasteiger partial charge in [-0.05, 0) is 62.4 Å². The minimum absolute atomic E-state index is 0.0294. The fourth-order valence-corrected chi connectivity index (χ4v) is 1.74. The molecule has 122 valence electrons. The first kappa shape index (κ1) is 18.6. The second kappa shape index (κ2) is 7.21. The van der Waals surface area contributed by atoms with E-state index in [9.17, 15) is 18.4 Å². The van der Waals surface area contributed by atoms with Gasteiger partial charge in [0.25, 0.3) is 0 Å². The Hall–Kier alpha value is -1.45. The number of carbonyl (C=O) groups excluding carboxylic acids is 2. The van der Waals surface area contributed by atoms with Gasteiger partial charge in [-0.15, -0.1) is 0 Å². The number of ether oxygens (including phenoxy) is 1. The first-order chi connectivity index (χ1) is 9.99. The molecule has 0 heterocycles. The molecule has 5 nitrogen and oxygen atoms in total. The third-order valence-corrected chi connectivity index (χ3v) is 3.41. The SMILES string of the molecule is CC(NC(=O)OC(C)(C)C)C(=O)Nc1cc(F)c(I)c(F)c1. The summed E-state index contributed by atoms with van der Waals surface area (Å²) in [6, 6.07) is 1.08. The molecule has 0 aliphatic heterocycles. The van der Waals surface area contributed by atoms with E-state index < -0.39 is 35.3 Å². The third-order valence-electron chi connectivity index (χ3n) is 2.38. The van der Waals surface area contributed by atoms with E-state index in [1.807, 2.05) is 0 Å². The van der Waals surface area contributed by atoms with Gasteiger partial charge in [-0.1, -0.05) is 0 Å². The van der Waals surface area contributed by atoms with Crippen molar-refractivity contribution in [2.45, 2.75) is 39.3 Å². The summed E-state index contributed by atoms with van der Waals surface area (Å²) in [5.74, 6) is -2.17. The lowest BCUT2D eigenvalue weighted by Crippen LogP contribution is -2.44. The van der Waals surface area contributed by atoms with Gasteiger partial charge in [-0.25, -0.2) is 13.6 Å². The van der Waals surface area contributed by atoms with Gasteiger partial charge in [0.2, 0.25) is 5.91 Å². The number of rotatable bonds is 3. The number of amides is 2. The fraction of sp³-hybridized carbons (Fsp3) is 0.429. The minimum Gasteiger partial charge on any atom is -0.444 e. The number of alkyl carbamates (subject to hydrolysis) is 1. The highest BCUT2D eigenvalue weighted by Crippen LogP contribution is 2.20. The van der Waals surface area contributed by atoms with E-state index in [0.29, 0.717) is 0 Å². The molecule has 1 aromatic carbocycles. The molecule has 0 fully saturated rings. The molecule has 0 radical (unpaired) electrons. The molecule has 1 aromatic rings. The molecule has 0 spiro atoms. The van der Waals surface area contributed by atoms with E-state index in [1.165, 1.54) is 29.5 Å². The lowest BCUT2D eigenvalue weighted by atomic mass is 10.2. The Bertz CT molecular complexity index is 565. The Morgan fingerprint density at radius 3 is 2.18 bits per heavy atom. The smallest absolute Gasteiger partial charge is 0.408 e. The molecule has 1 unspecified atom stereocenters. The van der Waals surface area contributed by atoms with Gasteiger partial charge in [0.05, 0.1) is 3.57 Å². The Balaban J connectivity index is 2.67. The summed E-state index contributed by atoms with van der Waals surface area (Å²) in [5.41, 5.74) is -0.721. The van der Waals surface area contributed by atoms with Crippen LogP contribution >= 0.6 is 22.6 Å². The molecule has 0 bridgehead atoms. The van der Waals surface area contributed by atoms with Gasteiger partial charge in [0.1, 0.15) is 23.3 Å².